The molecule has 0 unspecified atom stereocenters. The second kappa shape index (κ2) is 11.8. The van der Waals surface area contributed by atoms with E-state index in [1.807, 2.05) is 29.9 Å². The molecule has 0 N–H and O–H groups in total. The van der Waals surface area contributed by atoms with Crippen LogP contribution >= 0.6 is 0 Å². The molecule has 1 aliphatic heterocycles. The molecule has 0 amide bonds. The third-order valence-electron chi connectivity index (χ3n) is 7.73. The van der Waals surface area contributed by atoms with Gasteiger partial charge in [0.25, 0.3) is 0 Å². The lowest BCUT2D eigenvalue weighted by Crippen LogP contribution is -2.36. The van der Waals surface area contributed by atoms with Gasteiger partial charge in [0.15, 0.2) is 0 Å². The van der Waals surface area contributed by atoms with Gasteiger partial charge in [-0.25, -0.2) is 9.97 Å². The molecule has 6 nitrogen and oxygen atoms in total. The van der Waals surface area contributed by atoms with Gasteiger partial charge in [-0.3, -0.25) is 19.3 Å². The zero-order valence-corrected chi connectivity index (χ0v) is 23.1. The van der Waals surface area contributed by atoms with Gasteiger partial charge in [0.05, 0.1) is 17.1 Å². The molecular weight excluding hydrogens is 492 g/mol. The van der Waals surface area contributed by atoms with Crippen LogP contribution < -0.4 is 0 Å². The number of rotatable bonds is 7. The third kappa shape index (κ3) is 5.63. The second-order valence-electron chi connectivity index (χ2n) is 10.5. The van der Waals surface area contributed by atoms with Gasteiger partial charge in [-0.1, -0.05) is 72.8 Å². The molecule has 6 rings (SSSR count). The number of nitrogens with zero attached hydrogens (tertiary/aromatic N) is 6. The molecule has 200 valence electrons. The van der Waals surface area contributed by atoms with Crippen LogP contribution in [0.15, 0.2) is 107 Å². The van der Waals surface area contributed by atoms with E-state index in [4.69, 9.17) is 9.98 Å². The van der Waals surface area contributed by atoms with E-state index in [0.29, 0.717) is 11.7 Å². The van der Waals surface area contributed by atoms with Gasteiger partial charge in [0.1, 0.15) is 0 Å². The first kappa shape index (κ1) is 25.8. The summed E-state index contributed by atoms with van der Waals surface area (Å²) in [5, 5.41) is 0. The van der Waals surface area contributed by atoms with Gasteiger partial charge in [0.2, 0.25) is 5.78 Å². The van der Waals surface area contributed by atoms with Crippen molar-refractivity contribution >= 4 is 23.4 Å². The van der Waals surface area contributed by atoms with Crippen molar-refractivity contribution in [3.63, 3.8) is 0 Å². The van der Waals surface area contributed by atoms with Crippen LogP contribution in [0.3, 0.4) is 0 Å². The molecule has 5 aromatic rings. The maximum atomic E-state index is 5.00. The lowest BCUT2D eigenvalue weighted by Gasteiger charge is -2.32. The van der Waals surface area contributed by atoms with Crippen LogP contribution in [0.25, 0.3) is 28.2 Å². The summed E-state index contributed by atoms with van der Waals surface area (Å²) >= 11 is 0. The van der Waals surface area contributed by atoms with Gasteiger partial charge in [-0.2, -0.15) is 0 Å². The molecule has 6 heteroatoms. The molecule has 0 bridgehead atoms. The molecule has 0 saturated carbocycles. The number of aryl methyl sites for hydroxylation is 1. The molecule has 40 heavy (non-hydrogen) atoms. The minimum absolute atomic E-state index is 0.432. The van der Waals surface area contributed by atoms with E-state index in [0.717, 1.165) is 66.3 Å². The van der Waals surface area contributed by atoms with E-state index in [1.54, 1.807) is 6.20 Å². The summed E-state index contributed by atoms with van der Waals surface area (Å²) in [4.78, 5) is 21.2. The fourth-order valence-electron chi connectivity index (χ4n) is 5.50. The summed E-state index contributed by atoms with van der Waals surface area (Å²) in [6.07, 6.45) is 9.98. The average Bonchev–Trinajstić information content (AvgIpc) is 3.46. The van der Waals surface area contributed by atoms with Crippen LogP contribution in [0, 0.1) is 12.8 Å². The number of fused-ring (bicyclic) bond motifs is 1. The van der Waals surface area contributed by atoms with E-state index < -0.39 is 0 Å². The van der Waals surface area contributed by atoms with Gasteiger partial charge in [-0.15, -0.1) is 0 Å². The molecule has 1 saturated heterocycles. The van der Waals surface area contributed by atoms with Crippen molar-refractivity contribution in [2.24, 2.45) is 15.9 Å². The highest BCUT2D eigenvalue weighted by atomic mass is 15.1. The van der Waals surface area contributed by atoms with Crippen molar-refractivity contribution in [1.29, 1.82) is 0 Å². The van der Waals surface area contributed by atoms with Crippen LogP contribution in [0.2, 0.25) is 0 Å². The molecule has 2 aromatic heterocycles. The van der Waals surface area contributed by atoms with E-state index in [9.17, 15) is 0 Å². The number of benzene rings is 3. The molecule has 3 aromatic carbocycles. The predicted molar refractivity (Wildman–Crippen MR) is 165 cm³/mol. The smallest absolute Gasteiger partial charge is 0.234 e. The Morgan fingerprint density at radius 1 is 0.925 bits per heavy atom. The van der Waals surface area contributed by atoms with E-state index in [-0.39, 0.29) is 0 Å². The summed E-state index contributed by atoms with van der Waals surface area (Å²) < 4.78 is 1.98. The second-order valence-corrected chi connectivity index (χ2v) is 10.5. The van der Waals surface area contributed by atoms with Crippen molar-refractivity contribution < 1.29 is 0 Å². The topological polar surface area (TPSA) is 58.2 Å². The first-order valence-electron chi connectivity index (χ1n) is 13.9. The Balaban J connectivity index is 1.16. The zero-order chi connectivity index (χ0) is 27.3. The number of imidazole rings is 1. The molecule has 0 aliphatic carbocycles. The number of aliphatic imine (C=N–C) groups is 2. The Bertz CT molecular complexity index is 1640. The SMILES string of the molecule is CN=CC(=Nc1ccccc1C)C1CCN(Cc2ccc(-c3nc4nccn4cc3-c3ccccc3)cc2)CC1. The van der Waals surface area contributed by atoms with Crippen LogP contribution in [-0.4, -0.2) is 51.3 Å². The highest BCUT2D eigenvalue weighted by molar-refractivity contribution is 6.32. The van der Waals surface area contributed by atoms with Gasteiger partial charge >= 0.3 is 0 Å². The first-order chi connectivity index (χ1) is 19.7. The van der Waals surface area contributed by atoms with E-state index >= 15 is 0 Å². The van der Waals surface area contributed by atoms with Crippen molar-refractivity contribution in [1.82, 2.24) is 19.3 Å². The minimum Gasteiger partial charge on any atom is -0.299 e. The Morgan fingerprint density at radius 2 is 1.68 bits per heavy atom. The molecule has 0 atom stereocenters. The van der Waals surface area contributed by atoms with Crippen LogP contribution in [0.5, 0.6) is 0 Å². The minimum atomic E-state index is 0.432. The molecule has 3 heterocycles. The Kier molecular flexibility index (Phi) is 7.60. The third-order valence-corrected chi connectivity index (χ3v) is 7.73. The zero-order valence-electron chi connectivity index (χ0n) is 23.1. The van der Waals surface area contributed by atoms with Crippen molar-refractivity contribution in [3.05, 3.63) is 109 Å². The summed E-state index contributed by atoms with van der Waals surface area (Å²) in [6, 6.07) is 27.6. The fourth-order valence-corrected chi connectivity index (χ4v) is 5.50. The summed E-state index contributed by atoms with van der Waals surface area (Å²) in [7, 11) is 1.83. The molecule has 0 radical (unpaired) electrons. The largest absolute Gasteiger partial charge is 0.299 e. The Hall–Kier alpha value is -4.42. The highest BCUT2D eigenvalue weighted by Crippen LogP contribution is 2.31. The summed E-state index contributed by atoms with van der Waals surface area (Å²) in [6.45, 7) is 5.15. The fraction of sp³-hybridized carbons (Fsp3) is 0.235. The highest BCUT2D eigenvalue weighted by Gasteiger charge is 2.23. The maximum absolute atomic E-state index is 5.00. The number of likely N-dealkylation sites (tertiary alicyclic amines) is 1. The van der Waals surface area contributed by atoms with Crippen molar-refractivity contribution in [2.45, 2.75) is 26.3 Å². The van der Waals surface area contributed by atoms with Crippen molar-refractivity contribution in [2.75, 3.05) is 20.1 Å². The number of hydrogen-bond donors (Lipinski definition) is 0. The number of piperidine rings is 1. The lowest BCUT2D eigenvalue weighted by molar-refractivity contribution is 0.202. The van der Waals surface area contributed by atoms with Crippen molar-refractivity contribution in [3.8, 4) is 22.4 Å². The first-order valence-corrected chi connectivity index (χ1v) is 13.9. The maximum Gasteiger partial charge on any atom is 0.234 e. The quantitative estimate of drug-likeness (QED) is 0.213. The van der Waals surface area contributed by atoms with E-state index in [1.165, 1.54) is 11.1 Å². The van der Waals surface area contributed by atoms with E-state index in [2.05, 4.69) is 101 Å². The summed E-state index contributed by atoms with van der Waals surface area (Å²) in [5.41, 5.74) is 8.94. The lowest BCUT2D eigenvalue weighted by atomic mass is 9.91. The number of hydrogen-bond acceptors (Lipinski definition) is 5. The number of para-hydroxylation sites is 1. The van der Waals surface area contributed by atoms with Crippen LogP contribution in [0.1, 0.15) is 24.0 Å². The van der Waals surface area contributed by atoms with Gasteiger partial charge in [0, 0.05) is 55.4 Å². The Morgan fingerprint density at radius 3 is 2.42 bits per heavy atom. The molecule has 0 spiro atoms. The molecular formula is C34H34N6. The predicted octanol–water partition coefficient (Wildman–Crippen LogP) is 7.06. The van der Waals surface area contributed by atoms with Gasteiger partial charge in [-0.05, 0) is 55.6 Å². The molecule has 1 aliphatic rings. The van der Waals surface area contributed by atoms with Gasteiger partial charge < -0.3 is 0 Å². The van der Waals surface area contributed by atoms with Crippen LogP contribution in [-0.2, 0) is 6.54 Å². The monoisotopic (exact) mass is 526 g/mol. The summed E-state index contributed by atoms with van der Waals surface area (Å²) in [5.74, 6) is 1.14. The standard InChI is InChI=1S/C34H34N6/c1-25-8-6-7-11-31(25)37-32(22-35-2)28-16-19-39(20-17-28)23-26-12-14-29(15-13-26)33-30(27-9-4-3-5-10-27)24-40-21-18-36-34(40)38-33/h3-15,18,21-22,24,28H,16-17,19-20,23H2,1-2H3. The normalized spacial score (nSPS) is 15.3. The average molecular weight is 527 g/mol. The number of aromatic nitrogens is 3. The Labute approximate surface area is 235 Å². The molecule has 1 fully saturated rings. The van der Waals surface area contributed by atoms with Crippen LogP contribution in [0.4, 0.5) is 5.69 Å².